The summed E-state index contributed by atoms with van der Waals surface area (Å²) in [6.07, 6.45) is 10.5. The Morgan fingerprint density at radius 1 is 0.351 bits per heavy atom. The molecule has 0 saturated carbocycles. The van der Waals surface area contributed by atoms with Gasteiger partial charge in [0.2, 0.25) is 0 Å². The first-order valence-corrected chi connectivity index (χ1v) is 11.3. The molecule has 0 amide bonds. The maximum absolute atomic E-state index is 4.19. The Kier molecular flexibility index (Phi) is 19.5. The van der Waals surface area contributed by atoms with Gasteiger partial charge >= 0.3 is 0 Å². The minimum absolute atomic E-state index is 0. The molecule has 0 fully saturated rings. The molecule has 6 rings (SSSR count). The van der Waals surface area contributed by atoms with E-state index >= 15 is 0 Å². The Labute approximate surface area is 233 Å². The fourth-order valence-electron chi connectivity index (χ4n) is 2.34. The van der Waals surface area contributed by atoms with Gasteiger partial charge in [0.1, 0.15) is 0 Å². The van der Waals surface area contributed by atoms with Gasteiger partial charge in [0.15, 0.2) is 0 Å². The van der Waals surface area contributed by atoms with Gasteiger partial charge in [0.25, 0.3) is 0 Å². The van der Waals surface area contributed by atoms with Crippen LogP contribution in [0.4, 0.5) is 0 Å². The molecule has 0 aliphatic rings. The van der Waals surface area contributed by atoms with Crippen LogP contribution >= 0.6 is 0 Å². The van der Waals surface area contributed by atoms with Crippen LogP contribution in [-0.2, 0) is 20.1 Å². The normalized spacial score (nSPS) is 8.32. The molecule has 1 radical (unpaired) electrons. The van der Waals surface area contributed by atoms with Crippen molar-refractivity contribution in [3.05, 3.63) is 183 Å². The SMILES string of the molecule is [Ir].[c-]1ccccc1.[c-]1ccccc1.c1ccc(-c2ccccn2)nc1.c1ccncc1.c1ccncc1. The van der Waals surface area contributed by atoms with E-state index in [2.05, 4.69) is 32.1 Å². The van der Waals surface area contributed by atoms with Gasteiger partial charge in [-0.2, -0.15) is 72.8 Å². The van der Waals surface area contributed by atoms with Crippen LogP contribution in [0.2, 0.25) is 0 Å². The third-order valence-corrected chi connectivity index (χ3v) is 3.94. The standard InChI is InChI=1S/C10H8N2.2C6H5.2C5H5N.Ir/c1-3-7-11-9(5-1)10-6-2-4-8-12-10;4*1-2-4-6-5-3-1;/h1-8H;4*1-5H;/q;2*-1;;;. The van der Waals surface area contributed by atoms with Crippen LogP contribution in [0.15, 0.2) is 171 Å². The number of hydrogen-bond acceptors (Lipinski definition) is 4. The van der Waals surface area contributed by atoms with E-state index in [0.717, 1.165) is 11.4 Å². The molecule has 4 heterocycles. The molecule has 4 nitrogen and oxygen atoms in total. The van der Waals surface area contributed by atoms with Crippen molar-refractivity contribution in [3.63, 3.8) is 0 Å². The summed E-state index contributed by atoms with van der Waals surface area (Å²) in [6, 6.07) is 48.0. The number of pyridine rings is 4. The van der Waals surface area contributed by atoms with Crippen LogP contribution in [0.25, 0.3) is 11.4 Å². The van der Waals surface area contributed by atoms with Crippen molar-refractivity contribution >= 4 is 0 Å². The summed E-state index contributed by atoms with van der Waals surface area (Å²) < 4.78 is 0. The van der Waals surface area contributed by atoms with Crippen LogP contribution in [0.3, 0.4) is 0 Å². The summed E-state index contributed by atoms with van der Waals surface area (Å²) in [5, 5.41) is 0. The number of nitrogens with zero attached hydrogens (tertiary/aromatic N) is 4. The molecule has 5 heteroatoms. The van der Waals surface area contributed by atoms with Gasteiger partial charge in [-0.1, -0.05) is 24.3 Å². The van der Waals surface area contributed by atoms with Crippen molar-refractivity contribution in [1.29, 1.82) is 0 Å². The summed E-state index contributed by atoms with van der Waals surface area (Å²) in [5.74, 6) is 0. The third kappa shape index (κ3) is 17.7. The van der Waals surface area contributed by atoms with Gasteiger partial charge in [-0.25, -0.2) is 0 Å². The molecule has 187 valence electrons. The van der Waals surface area contributed by atoms with Crippen LogP contribution in [0, 0.1) is 12.1 Å². The van der Waals surface area contributed by atoms with Gasteiger partial charge in [0, 0.05) is 57.3 Å². The predicted molar refractivity (Wildman–Crippen MR) is 146 cm³/mol. The molecule has 2 aromatic carbocycles. The average Bonchev–Trinajstić information content (AvgIpc) is 3.03. The molecule has 6 aromatic rings. The molecule has 0 aliphatic heterocycles. The van der Waals surface area contributed by atoms with Crippen molar-refractivity contribution in [1.82, 2.24) is 19.9 Å². The zero-order valence-corrected chi connectivity index (χ0v) is 22.7. The van der Waals surface area contributed by atoms with Crippen molar-refractivity contribution in [2.75, 3.05) is 0 Å². The maximum Gasteiger partial charge on any atom is 0.0886 e. The smallest absolute Gasteiger partial charge is 0.0886 e. The van der Waals surface area contributed by atoms with Crippen LogP contribution in [0.1, 0.15) is 0 Å². The summed E-state index contributed by atoms with van der Waals surface area (Å²) >= 11 is 0. The van der Waals surface area contributed by atoms with E-state index in [4.69, 9.17) is 0 Å². The fraction of sp³-hybridized carbons (Fsp3) is 0. The summed E-state index contributed by atoms with van der Waals surface area (Å²) in [4.78, 5) is 15.9. The monoisotopic (exact) mass is 661 g/mol. The molecule has 0 spiro atoms. The Hall–Kier alpha value is -4.31. The first-order valence-electron chi connectivity index (χ1n) is 11.3. The number of hydrogen-bond donors (Lipinski definition) is 0. The van der Waals surface area contributed by atoms with Crippen molar-refractivity contribution in [3.8, 4) is 11.4 Å². The quantitative estimate of drug-likeness (QED) is 0.174. The topological polar surface area (TPSA) is 51.6 Å². The van der Waals surface area contributed by atoms with Crippen molar-refractivity contribution < 1.29 is 20.1 Å². The minimum atomic E-state index is 0. The van der Waals surface area contributed by atoms with Gasteiger partial charge in [0.05, 0.1) is 11.4 Å². The van der Waals surface area contributed by atoms with Crippen LogP contribution in [0.5, 0.6) is 0 Å². The molecule has 4 aromatic heterocycles. The molecule has 37 heavy (non-hydrogen) atoms. The van der Waals surface area contributed by atoms with E-state index in [1.54, 1.807) is 37.2 Å². The van der Waals surface area contributed by atoms with E-state index < -0.39 is 0 Å². The Balaban J connectivity index is 0.000000239. The predicted octanol–water partition coefficient (Wildman–Crippen LogP) is 7.28. The Bertz CT molecular complexity index is 928. The molecular formula is C32H28IrN4-2. The first-order chi connectivity index (χ1) is 18.0. The van der Waals surface area contributed by atoms with Crippen molar-refractivity contribution in [2.24, 2.45) is 0 Å². The van der Waals surface area contributed by atoms with Crippen LogP contribution < -0.4 is 0 Å². The zero-order valence-electron chi connectivity index (χ0n) is 20.3. The average molecular weight is 661 g/mol. The van der Waals surface area contributed by atoms with E-state index in [1.807, 2.05) is 133 Å². The molecular weight excluding hydrogens is 633 g/mol. The zero-order chi connectivity index (χ0) is 25.2. The molecule has 0 atom stereocenters. The van der Waals surface area contributed by atoms with E-state index in [1.165, 1.54) is 0 Å². The number of aromatic nitrogens is 4. The largest absolute Gasteiger partial charge is 0.265 e. The summed E-state index contributed by atoms with van der Waals surface area (Å²) in [6.45, 7) is 0. The van der Waals surface area contributed by atoms with E-state index in [0.29, 0.717) is 0 Å². The van der Waals surface area contributed by atoms with E-state index in [9.17, 15) is 0 Å². The molecule has 0 unspecified atom stereocenters. The molecule has 0 aliphatic carbocycles. The number of rotatable bonds is 1. The molecule has 0 N–H and O–H groups in total. The first kappa shape index (κ1) is 30.7. The Morgan fingerprint density at radius 2 is 0.676 bits per heavy atom. The van der Waals surface area contributed by atoms with Gasteiger partial charge in [-0.3, -0.25) is 19.9 Å². The second kappa shape index (κ2) is 23.4. The summed E-state index contributed by atoms with van der Waals surface area (Å²) in [5.41, 5.74) is 1.83. The molecule has 0 bridgehead atoms. The second-order valence-corrected chi connectivity index (χ2v) is 6.63. The third-order valence-electron chi connectivity index (χ3n) is 3.94. The summed E-state index contributed by atoms with van der Waals surface area (Å²) in [7, 11) is 0. The van der Waals surface area contributed by atoms with Crippen LogP contribution in [-0.4, -0.2) is 19.9 Å². The van der Waals surface area contributed by atoms with Crippen molar-refractivity contribution in [2.45, 2.75) is 0 Å². The van der Waals surface area contributed by atoms with Gasteiger partial charge < -0.3 is 0 Å². The second-order valence-electron chi connectivity index (χ2n) is 6.63. The number of benzene rings is 2. The maximum atomic E-state index is 4.19. The fourth-order valence-corrected chi connectivity index (χ4v) is 2.34. The minimum Gasteiger partial charge on any atom is -0.265 e. The van der Waals surface area contributed by atoms with Gasteiger partial charge in [-0.05, 0) is 48.5 Å². The molecule has 0 saturated heterocycles. The van der Waals surface area contributed by atoms with Gasteiger partial charge in [-0.15, -0.1) is 0 Å². The Morgan fingerprint density at radius 3 is 0.838 bits per heavy atom. The van der Waals surface area contributed by atoms with E-state index in [-0.39, 0.29) is 20.1 Å².